The zero-order valence-electron chi connectivity index (χ0n) is 9.74. The lowest BCUT2D eigenvalue weighted by molar-refractivity contribution is -0.119. The van der Waals surface area contributed by atoms with E-state index >= 15 is 0 Å². The molecule has 3 unspecified atom stereocenters. The molecule has 0 spiro atoms. The van der Waals surface area contributed by atoms with E-state index in [1.165, 1.54) is 44.9 Å². The van der Waals surface area contributed by atoms with Gasteiger partial charge in [-0.3, -0.25) is 4.79 Å². The Kier molecular flexibility index (Phi) is 2.70. The molecular weight excluding hydrogens is 200 g/mol. The van der Waals surface area contributed by atoms with Gasteiger partial charge in [-0.2, -0.15) is 5.10 Å². The summed E-state index contributed by atoms with van der Waals surface area (Å²) in [5.74, 6) is 2.58. The molecule has 1 heterocycles. The highest BCUT2D eigenvalue weighted by molar-refractivity contribution is 6.05. The lowest BCUT2D eigenvalue weighted by Gasteiger charge is -2.39. The van der Waals surface area contributed by atoms with Gasteiger partial charge in [0, 0.05) is 0 Å². The van der Waals surface area contributed by atoms with Crippen LogP contribution >= 0.6 is 0 Å². The van der Waals surface area contributed by atoms with Crippen LogP contribution in [0.5, 0.6) is 0 Å². The first-order valence-electron chi connectivity index (χ1n) is 6.68. The summed E-state index contributed by atoms with van der Waals surface area (Å²) in [6.45, 7) is 0. The molecule has 88 valence electrons. The molecule has 1 aliphatic heterocycles. The summed E-state index contributed by atoms with van der Waals surface area (Å²) in [6.07, 6.45) is 10.2. The lowest BCUT2D eigenvalue weighted by Crippen LogP contribution is -2.31. The van der Waals surface area contributed by atoms with Gasteiger partial charge in [-0.05, 0) is 37.0 Å². The fourth-order valence-corrected chi connectivity index (χ4v) is 3.79. The van der Waals surface area contributed by atoms with E-state index < -0.39 is 0 Å². The molecular formula is C13H20N2O. The molecule has 2 fully saturated rings. The van der Waals surface area contributed by atoms with Crippen LogP contribution in [0, 0.1) is 17.8 Å². The number of nitrogens with one attached hydrogen (secondary N) is 1. The monoisotopic (exact) mass is 220 g/mol. The number of amides is 1. The van der Waals surface area contributed by atoms with Crippen molar-refractivity contribution in [3.8, 4) is 0 Å². The first-order chi connectivity index (χ1) is 7.83. The third kappa shape index (κ3) is 1.87. The van der Waals surface area contributed by atoms with Gasteiger partial charge in [0.25, 0.3) is 0 Å². The average molecular weight is 220 g/mol. The van der Waals surface area contributed by atoms with Crippen LogP contribution < -0.4 is 5.43 Å². The van der Waals surface area contributed by atoms with Crippen LogP contribution in [0.3, 0.4) is 0 Å². The smallest absolute Gasteiger partial charge is 0.245 e. The number of hydrogen-bond acceptors (Lipinski definition) is 2. The van der Waals surface area contributed by atoms with Crippen molar-refractivity contribution in [1.29, 1.82) is 0 Å². The number of nitrogens with zero attached hydrogens (tertiary/aromatic N) is 1. The van der Waals surface area contributed by atoms with Crippen molar-refractivity contribution in [2.75, 3.05) is 0 Å². The molecule has 3 heteroatoms. The summed E-state index contributed by atoms with van der Waals surface area (Å²) in [4.78, 5) is 11.2. The second kappa shape index (κ2) is 4.19. The highest BCUT2D eigenvalue weighted by Gasteiger charge is 2.35. The third-order valence-electron chi connectivity index (χ3n) is 4.68. The second-order valence-corrected chi connectivity index (χ2v) is 5.63. The molecule has 2 aliphatic carbocycles. The topological polar surface area (TPSA) is 41.5 Å². The molecule has 0 aromatic heterocycles. The number of fused-ring (bicyclic) bond motifs is 1. The van der Waals surface area contributed by atoms with Crippen LogP contribution in [0.4, 0.5) is 0 Å². The van der Waals surface area contributed by atoms with Gasteiger partial charge in [0.05, 0.1) is 12.1 Å². The van der Waals surface area contributed by atoms with E-state index in [0.717, 1.165) is 17.5 Å². The van der Waals surface area contributed by atoms with Crippen LogP contribution in [-0.4, -0.2) is 11.6 Å². The zero-order valence-corrected chi connectivity index (χ0v) is 9.74. The summed E-state index contributed by atoms with van der Waals surface area (Å²) < 4.78 is 0. The van der Waals surface area contributed by atoms with E-state index in [9.17, 15) is 4.79 Å². The van der Waals surface area contributed by atoms with Gasteiger partial charge in [-0.1, -0.05) is 25.7 Å². The molecule has 3 atom stereocenters. The maximum absolute atomic E-state index is 11.2. The van der Waals surface area contributed by atoms with Crippen molar-refractivity contribution >= 4 is 11.6 Å². The molecule has 3 rings (SSSR count). The first kappa shape index (κ1) is 10.3. The minimum atomic E-state index is 0.0840. The van der Waals surface area contributed by atoms with Crippen molar-refractivity contribution in [2.24, 2.45) is 22.9 Å². The van der Waals surface area contributed by atoms with Crippen molar-refractivity contribution in [3.05, 3.63) is 0 Å². The van der Waals surface area contributed by atoms with Gasteiger partial charge in [-0.25, -0.2) is 5.43 Å². The quantitative estimate of drug-likeness (QED) is 0.724. The molecule has 3 nitrogen and oxygen atoms in total. The molecule has 16 heavy (non-hydrogen) atoms. The van der Waals surface area contributed by atoms with E-state index in [4.69, 9.17) is 0 Å². The number of hydrazone groups is 1. The van der Waals surface area contributed by atoms with Crippen molar-refractivity contribution in [1.82, 2.24) is 5.43 Å². The molecule has 1 amide bonds. The Morgan fingerprint density at radius 2 is 1.88 bits per heavy atom. The average Bonchev–Trinajstić information content (AvgIpc) is 2.75. The zero-order chi connectivity index (χ0) is 11.0. The van der Waals surface area contributed by atoms with Crippen molar-refractivity contribution in [3.63, 3.8) is 0 Å². The highest BCUT2D eigenvalue weighted by Crippen LogP contribution is 2.43. The Balaban J connectivity index is 1.64. The Bertz CT molecular complexity index is 324. The molecule has 2 saturated carbocycles. The predicted octanol–water partition coefficient (Wildman–Crippen LogP) is 2.47. The number of hydrogen-bond donors (Lipinski definition) is 1. The SMILES string of the molecule is O=C1CC(C2CCC3CCCCC3C2)=NN1. The minimum absolute atomic E-state index is 0.0840. The Hall–Kier alpha value is -0.860. The highest BCUT2D eigenvalue weighted by atomic mass is 16.2. The molecule has 0 saturated heterocycles. The standard InChI is InChI=1S/C13H20N2O/c16-13-8-12(14-15-13)11-6-5-9-3-1-2-4-10(9)7-11/h9-11H,1-8H2,(H,15,16). The fraction of sp³-hybridized carbons (Fsp3) is 0.846. The fourth-order valence-electron chi connectivity index (χ4n) is 3.79. The Labute approximate surface area is 96.7 Å². The van der Waals surface area contributed by atoms with E-state index in [1.807, 2.05) is 0 Å². The van der Waals surface area contributed by atoms with E-state index in [1.54, 1.807) is 0 Å². The van der Waals surface area contributed by atoms with Gasteiger partial charge in [-0.15, -0.1) is 0 Å². The summed E-state index contributed by atoms with van der Waals surface area (Å²) in [7, 11) is 0. The van der Waals surface area contributed by atoms with Gasteiger partial charge in [0.15, 0.2) is 0 Å². The van der Waals surface area contributed by atoms with Crippen molar-refractivity contribution < 1.29 is 4.79 Å². The normalized spacial score (nSPS) is 38.9. The molecule has 0 radical (unpaired) electrons. The summed E-state index contributed by atoms with van der Waals surface area (Å²) in [5.41, 5.74) is 3.72. The number of rotatable bonds is 1. The molecule has 0 bridgehead atoms. The maximum atomic E-state index is 11.2. The van der Waals surface area contributed by atoms with Crippen LogP contribution in [0.15, 0.2) is 5.10 Å². The van der Waals surface area contributed by atoms with Crippen LogP contribution in [0.2, 0.25) is 0 Å². The Morgan fingerprint density at radius 3 is 2.62 bits per heavy atom. The molecule has 0 aromatic rings. The van der Waals surface area contributed by atoms with Gasteiger partial charge in [0.1, 0.15) is 0 Å². The van der Waals surface area contributed by atoms with Crippen LogP contribution in [0.25, 0.3) is 0 Å². The lowest BCUT2D eigenvalue weighted by atomic mass is 9.66. The van der Waals surface area contributed by atoms with E-state index in [0.29, 0.717) is 12.3 Å². The third-order valence-corrected chi connectivity index (χ3v) is 4.68. The predicted molar refractivity (Wildman–Crippen MR) is 63.0 cm³/mol. The summed E-state index contributed by atoms with van der Waals surface area (Å²) in [6, 6.07) is 0. The van der Waals surface area contributed by atoms with Gasteiger partial charge < -0.3 is 0 Å². The van der Waals surface area contributed by atoms with Gasteiger partial charge in [0.2, 0.25) is 5.91 Å². The maximum Gasteiger partial charge on any atom is 0.245 e. The first-order valence-corrected chi connectivity index (χ1v) is 6.68. The van der Waals surface area contributed by atoms with E-state index in [2.05, 4.69) is 10.5 Å². The van der Waals surface area contributed by atoms with Gasteiger partial charge >= 0.3 is 0 Å². The number of carbonyl (C=O) groups excluding carboxylic acids is 1. The Morgan fingerprint density at radius 1 is 1.06 bits per heavy atom. The van der Waals surface area contributed by atoms with E-state index in [-0.39, 0.29) is 5.91 Å². The molecule has 3 aliphatic rings. The molecule has 1 N–H and O–H groups in total. The summed E-state index contributed by atoms with van der Waals surface area (Å²) >= 11 is 0. The van der Waals surface area contributed by atoms with Crippen molar-refractivity contribution in [2.45, 2.75) is 51.4 Å². The second-order valence-electron chi connectivity index (χ2n) is 5.63. The largest absolute Gasteiger partial charge is 0.273 e. The summed E-state index contributed by atoms with van der Waals surface area (Å²) in [5, 5.41) is 4.20. The van der Waals surface area contributed by atoms with Crippen LogP contribution in [0.1, 0.15) is 51.4 Å². The number of carbonyl (C=O) groups is 1. The molecule has 0 aromatic carbocycles. The van der Waals surface area contributed by atoms with Crippen LogP contribution in [-0.2, 0) is 4.79 Å². The minimum Gasteiger partial charge on any atom is -0.273 e.